The fourth-order valence-electron chi connectivity index (χ4n) is 1.66. The van der Waals surface area contributed by atoms with Crippen molar-refractivity contribution in [3.05, 3.63) is 40.8 Å². The third-order valence-electron chi connectivity index (χ3n) is 2.54. The molecule has 90 valence electrons. The highest BCUT2D eigenvalue weighted by atomic mass is 32.1. The maximum atomic E-state index is 12.9. The quantitative estimate of drug-likeness (QED) is 0.902. The van der Waals surface area contributed by atoms with Gasteiger partial charge in [0.15, 0.2) is 0 Å². The third-order valence-corrected chi connectivity index (χ3v) is 3.80. The van der Waals surface area contributed by atoms with Crippen molar-refractivity contribution in [2.75, 3.05) is 13.6 Å². The highest BCUT2D eigenvalue weighted by Gasteiger charge is 2.09. The molecule has 0 atom stereocenters. The van der Waals surface area contributed by atoms with Gasteiger partial charge in [-0.2, -0.15) is 0 Å². The maximum absolute atomic E-state index is 12.9. The van der Waals surface area contributed by atoms with Gasteiger partial charge in [-0.3, -0.25) is 0 Å². The van der Waals surface area contributed by atoms with Crippen LogP contribution in [0, 0.1) is 12.7 Å². The van der Waals surface area contributed by atoms with Crippen LogP contribution in [0.3, 0.4) is 0 Å². The molecule has 0 unspecified atom stereocenters. The molecular formula is C13H15FN2S. The topological polar surface area (TPSA) is 24.9 Å². The normalized spacial score (nSPS) is 10.8. The van der Waals surface area contributed by atoms with Gasteiger partial charge in [0.25, 0.3) is 0 Å². The van der Waals surface area contributed by atoms with Gasteiger partial charge >= 0.3 is 0 Å². The van der Waals surface area contributed by atoms with Crippen LogP contribution in [0.5, 0.6) is 0 Å². The molecule has 0 bridgehead atoms. The van der Waals surface area contributed by atoms with E-state index in [2.05, 4.69) is 10.3 Å². The van der Waals surface area contributed by atoms with Crippen molar-refractivity contribution < 1.29 is 4.39 Å². The minimum atomic E-state index is -0.202. The number of aryl methyl sites for hydroxylation is 1. The Hall–Kier alpha value is -1.26. The number of halogens is 1. The molecule has 0 saturated carbocycles. The minimum Gasteiger partial charge on any atom is -0.319 e. The van der Waals surface area contributed by atoms with Crippen LogP contribution in [0.1, 0.15) is 10.7 Å². The summed E-state index contributed by atoms with van der Waals surface area (Å²) in [6.07, 6.45) is 0.934. The van der Waals surface area contributed by atoms with Crippen LogP contribution >= 0.6 is 11.3 Å². The fourth-order valence-corrected chi connectivity index (χ4v) is 2.73. The van der Waals surface area contributed by atoms with Gasteiger partial charge in [-0.1, -0.05) is 12.1 Å². The molecule has 0 aliphatic carbocycles. The Morgan fingerprint density at radius 2 is 2.00 bits per heavy atom. The summed E-state index contributed by atoms with van der Waals surface area (Å²) in [7, 11) is 1.93. The monoisotopic (exact) mass is 250 g/mol. The number of nitrogens with one attached hydrogen (secondary N) is 1. The number of likely N-dealkylation sites (N-methyl/N-ethyl adjacent to an activating group) is 1. The SMILES string of the molecule is CNCCc1nc(C)c(-c2ccc(F)cc2)s1. The van der Waals surface area contributed by atoms with Crippen molar-refractivity contribution in [3.63, 3.8) is 0 Å². The number of benzene rings is 1. The third kappa shape index (κ3) is 2.90. The minimum absolute atomic E-state index is 0.202. The first-order chi connectivity index (χ1) is 8.20. The van der Waals surface area contributed by atoms with Crippen molar-refractivity contribution in [3.8, 4) is 10.4 Å². The summed E-state index contributed by atoms with van der Waals surface area (Å²) >= 11 is 1.68. The first kappa shape index (κ1) is 12.2. The molecule has 1 heterocycles. The lowest BCUT2D eigenvalue weighted by atomic mass is 10.1. The van der Waals surface area contributed by atoms with Crippen LogP contribution in [0.2, 0.25) is 0 Å². The number of thiazole rings is 1. The van der Waals surface area contributed by atoms with Gasteiger partial charge in [-0.05, 0) is 31.7 Å². The van der Waals surface area contributed by atoms with E-state index in [4.69, 9.17) is 0 Å². The average Bonchev–Trinajstić information content (AvgIpc) is 2.69. The molecule has 0 saturated heterocycles. The summed E-state index contributed by atoms with van der Waals surface area (Å²) < 4.78 is 12.9. The number of aromatic nitrogens is 1. The second-order valence-electron chi connectivity index (χ2n) is 3.88. The standard InChI is InChI=1S/C13H15FN2S/c1-9-13(10-3-5-11(14)6-4-10)17-12(16-9)7-8-15-2/h3-6,15H,7-8H2,1-2H3. The highest BCUT2D eigenvalue weighted by Crippen LogP contribution is 2.30. The predicted molar refractivity (Wildman–Crippen MR) is 69.9 cm³/mol. The summed E-state index contributed by atoms with van der Waals surface area (Å²) in [5, 5.41) is 4.23. The van der Waals surface area contributed by atoms with Gasteiger partial charge in [-0.25, -0.2) is 9.37 Å². The highest BCUT2D eigenvalue weighted by molar-refractivity contribution is 7.15. The molecule has 2 aromatic rings. The summed E-state index contributed by atoms with van der Waals surface area (Å²) in [6, 6.07) is 6.58. The number of rotatable bonds is 4. The Labute approximate surface area is 105 Å². The van der Waals surface area contributed by atoms with Crippen molar-refractivity contribution in [2.45, 2.75) is 13.3 Å². The fraction of sp³-hybridized carbons (Fsp3) is 0.308. The molecule has 17 heavy (non-hydrogen) atoms. The zero-order chi connectivity index (χ0) is 12.3. The van der Waals surface area contributed by atoms with E-state index in [-0.39, 0.29) is 5.82 Å². The number of nitrogens with zero attached hydrogens (tertiary/aromatic N) is 1. The van der Waals surface area contributed by atoms with Crippen LogP contribution in [0.4, 0.5) is 4.39 Å². The smallest absolute Gasteiger partial charge is 0.123 e. The summed E-state index contributed by atoms with van der Waals surface area (Å²) in [5.74, 6) is -0.202. The zero-order valence-corrected chi connectivity index (χ0v) is 10.8. The van der Waals surface area contributed by atoms with Crippen LogP contribution < -0.4 is 5.32 Å². The second kappa shape index (κ2) is 5.38. The summed E-state index contributed by atoms with van der Waals surface area (Å²) in [5.41, 5.74) is 2.06. The molecule has 0 amide bonds. The molecule has 2 nitrogen and oxygen atoms in total. The lowest BCUT2D eigenvalue weighted by Gasteiger charge is -1.97. The van der Waals surface area contributed by atoms with E-state index >= 15 is 0 Å². The van der Waals surface area contributed by atoms with Gasteiger partial charge in [0, 0.05) is 13.0 Å². The van der Waals surface area contributed by atoms with Gasteiger partial charge in [0.05, 0.1) is 15.6 Å². The van der Waals surface area contributed by atoms with Crippen molar-refractivity contribution in [1.29, 1.82) is 0 Å². The van der Waals surface area contributed by atoms with Crippen molar-refractivity contribution >= 4 is 11.3 Å². The van der Waals surface area contributed by atoms with Gasteiger partial charge in [-0.15, -0.1) is 11.3 Å². The molecule has 0 aliphatic heterocycles. The number of hydrogen-bond acceptors (Lipinski definition) is 3. The Morgan fingerprint density at radius 1 is 1.29 bits per heavy atom. The van der Waals surface area contributed by atoms with E-state index in [1.807, 2.05) is 14.0 Å². The van der Waals surface area contributed by atoms with Gasteiger partial charge < -0.3 is 5.32 Å². The maximum Gasteiger partial charge on any atom is 0.123 e. The molecule has 0 radical (unpaired) electrons. The first-order valence-corrected chi connectivity index (χ1v) is 6.39. The van der Waals surface area contributed by atoms with E-state index in [9.17, 15) is 4.39 Å². The lowest BCUT2D eigenvalue weighted by Crippen LogP contribution is -2.09. The van der Waals surface area contributed by atoms with Crippen LogP contribution in [0.25, 0.3) is 10.4 Å². The Balaban J connectivity index is 2.26. The largest absolute Gasteiger partial charge is 0.319 e. The molecular weight excluding hydrogens is 235 g/mol. The van der Waals surface area contributed by atoms with E-state index in [1.54, 1.807) is 23.5 Å². The summed E-state index contributed by atoms with van der Waals surface area (Å²) in [6.45, 7) is 2.92. The van der Waals surface area contributed by atoms with E-state index in [1.165, 1.54) is 12.1 Å². The average molecular weight is 250 g/mol. The molecule has 0 fully saturated rings. The van der Waals surface area contributed by atoms with Crippen LogP contribution in [0.15, 0.2) is 24.3 Å². The molecule has 0 aliphatic rings. The second-order valence-corrected chi connectivity index (χ2v) is 4.97. The summed E-state index contributed by atoms with van der Waals surface area (Å²) in [4.78, 5) is 5.67. The predicted octanol–water partition coefficient (Wildman–Crippen LogP) is 3.02. The lowest BCUT2D eigenvalue weighted by molar-refractivity contribution is 0.628. The molecule has 1 aromatic carbocycles. The Morgan fingerprint density at radius 3 is 2.65 bits per heavy atom. The Kier molecular flexibility index (Phi) is 3.86. The molecule has 1 aromatic heterocycles. The van der Waals surface area contributed by atoms with Crippen LogP contribution in [-0.2, 0) is 6.42 Å². The van der Waals surface area contributed by atoms with Crippen molar-refractivity contribution in [2.24, 2.45) is 0 Å². The number of hydrogen-bond donors (Lipinski definition) is 1. The molecule has 0 spiro atoms. The van der Waals surface area contributed by atoms with E-state index < -0.39 is 0 Å². The molecule has 4 heteroatoms. The molecule has 1 N–H and O–H groups in total. The first-order valence-electron chi connectivity index (χ1n) is 5.57. The van der Waals surface area contributed by atoms with Crippen LogP contribution in [-0.4, -0.2) is 18.6 Å². The Bertz CT molecular complexity index is 491. The van der Waals surface area contributed by atoms with Crippen molar-refractivity contribution in [1.82, 2.24) is 10.3 Å². The van der Waals surface area contributed by atoms with E-state index in [0.29, 0.717) is 0 Å². The molecule has 2 rings (SSSR count). The van der Waals surface area contributed by atoms with Gasteiger partial charge in [0.1, 0.15) is 5.82 Å². The van der Waals surface area contributed by atoms with Gasteiger partial charge in [0.2, 0.25) is 0 Å². The van der Waals surface area contributed by atoms with E-state index in [0.717, 1.165) is 34.1 Å². The zero-order valence-electron chi connectivity index (χ0n) is 9.96.